The highest BCUT2D eigenvalue weighted by Crippen LogP contribution is 2.21. The van der Waals surface area contributed by atoms with Gasteiger partial charge in [0, 0.05) is 19.4 Å². The minimum absolute atomic E-state index is 0.286. The molecule has 3 nitrogen and oxygen atoms in total. The third-order valence-corrected chi connectivity index (χ3v) is 2.38. The summed E-state index contributed by atoms with van der Waals surface area (Å²) in [7, 11) is 1.90. The second-order valence-electron chi connectivity index (χ2n) is 3.37. The van der Waals surface area contributed by atoms with E-state index in [4.69, 9.17) is 0 Å². The highest BCUT2D eigenvalue weighted by molar-refractivity contribution is 5.31. The van der Waals surface area contributed by atoms with Gasteiger partial charge in [0.15, 0.2) is 0 Å². The number of hydrogen-bond acceptors (Lipinski definition) is 2. The molecule has 2 rings (SSSR count). The Bertz CT molecular complexity index is 479. The van der Waals surface area contributed by atoms with Crippen LogP contribution in [0.4, 0.5) is 0 Å². The van der Waals surface area contributed by atoms with Crippen molar-refractivity contribution in [3.63, 3.8) is 0 Å². The van der Waals surface area contributed by atoms with Gasteiger partial charge in [0.25, 0.3) is 0 Å². The molecule has 0 aliphatic carbocycles. The fourth-order valence-electron chi connectivity index (χ4n) is 1.58. The van der Waals surface area contributed by atoms with E-state index in [1.54, 1.807) is 6.20 Å². The molecule has 0 amide bonds. The van der Waals surface area contributed by atoms with Gasteiger partial charge in [0.1, 0.15) is 11.7 Å². The molecule has 0 bridgehead atoms. The van der Waals surface area contributed by atoms with Crippen molar-refractivity contribution in [3.8, 4) is 6.07 Å². The van der Waals surface area contributed by atoms with Crippen molar-refractivity contribution in [2.75, 3.05) is 0 Å². The lowest BCUT2D eigenvalue weighted by atomic mass is 10.00. The summed E-state index contributed by atoms with van der Waals surface area (Å²) in [6, 6.07) is 12.0. The zero-order valence-corrected chi connectivity index (χ0v) is 8.46. The van der Waals surface area contributed by atoms with Gasteiger partial charge in [-0.3, -0.25) is 0 Å². The topological polar surface area (TPSA) is 41.6 Å². The van der Waals surface area contributed by atoms with Crippen LogP contribution in [-0.2, 0) is 7.05 Å². The number of rotatable bonds is 2. The van der Waals surface area contributed by atoms with Crippen LogP contribution in [0.25, 0.3) is 0 Å². The van der Waals surface area contributed by atoms with Crippen molar-refractivity contribution >= 4 is 0 Å². The number of aromatic nitrogens is 2. The average molecular weight is 197 g/mol. The van der Waals surface area contributed by atoms with E-state index in [9.17, 15) is 5.26 Å². The molecule has 3 heteroatoms. The number of benzene rings is 1. The van der Waals surface area contributed by atoms with Gasteiger partial charge >= 0.3 is 0 Å². The molecule has 15 heavy (non-hydrogen) atoms. The van der Waals surface area contributed by atoms with Crippen molar-refractivity contribution in [1.82, 2.24) is 9.55 Å². The van der Waals surface area contributed by atoms with E-state index >= 15 is 0 Å². The first-order valence-corrected chi connectivity index (χ1v) is 4.74. The molecular weight excluding hydrogens is 186 g/mol. The molecular formula is C12H11N3. The molecule has 0 spiro atoms. The van der Waals surface area contributed by atoms with Crippen LogP contribution in [-0.4, -0.2) is 9.55 Å². The lowest BCUT2D eigenvalue weighted by Crippen LogP contribution is -2.05. The van der Waals surface area contributed by atoms with Gasteiger partial charge in [0.05, 0.1) is 6.07 Å². The van der Waals surface area contributed by atoms with E-state index in [0.29, 0.717) is 0 Å². The molecule has 0 aliphatic heterocycles. The number of hydrogen-bond donors (Lipinski definition) is 0. The first-order chi connectivity index (χ1) is 7.33. The van der Waals surface area contributed by atoms with E-state index < -0.39 is 0 Å². The molecule has 74 valence electrons. The highest BCUT2D eigenvalue weighted by Gasteiger charge is 2.16. The third kappa shape index (κ3) is 1.75. The highest BCUT2D eigenvalue weighted by atomic mass is 15.0. The first-order valence-electron chi connectivity index (χ1n) is 4.74. The van der Waals surface area contributed by atoms with Gasteiger partial charge in [-0.2, -0.15) is 5.26 Å². The summed E-state index contributed by atoms with van der Waals surface area (Å²) in [5, 5.41) is 9.17. The second kappa shape index (κ2) is 3.97. The van der Waals surface area contributed by atoms with E-state index in [2.05, 4.69) is 11.1 Å². The Morgan fingerprint density at radius 3 is 2.60 bits per heavy atom. The quantitative estimate of drug-likeness (QED) is 0.739. The van der Waals surface area contributed by atoms with Crippen molar-refractivity contribution in [2.45, 2.75) is 5.92 Å². The Hall–Kier alpha value is -2.08. The maximum absolute atomic E-state index is 9.17. The predicted molar refractivity (Wildman–Crippen MR) is 57.1 cm³/mol. The van der Waals surface area contributed by atoms with Crippen LogP contribution >= 0.6 is 0 Å². The van der Waals surface area contributed by atoms with Gasteiger partial charge < -0.3 is 4.57 Å². The normalized spacial score (nSPS) is 12.0. The molecule has 1 aromatic heterocycles. The van der Waals surface area contributed by atoms with E-state index in [1.165, 1.54) is 0 Å². The van der Waals surface area contributed by atoms with E-state index in [1.807, 2.05) is 48.1 Å². The van der Waals surface area contributed by atoms with Crippen molar-refractivity contribution in [2.24, 2.45) is 7.05 Å². The van der Waals surface area contributed by atoms with E-state index in [0.717, 1.165) is 11.4 Å². The number of aryl methyl sites for hydroxylation is 1. The smallest absolute Gasteiger partial charge is 0.130 e. The lowest BCUT2D eigenvalue weighted by molar-refractivity contribution is 0.783. The van der Waals surface area contributed by atoms with Crippen LogP contribution in [0.3, 0.4) is 0 Å². The molecule has 0 aliphatic rings. The SMILES string of the molecule is Cn1ccnc1C(C#N)c1ccccc1. The largest absolute Gasteiger partial charge is 0.337 e. The zero-order valence-electron chi connectivity index (χ0n) is 8.46. The molecule has 0 N–H and O–H groups in total. The molecule has 1 aromatic carbocycles. The van der Waals surface area contributed by atoms with Crippen LogP contribution in [0.5, 0.6) is 0 Å². The van der Waals surface area contributed by atoms with Crippen molar-refractivity contribution in [3.05, 3.63) is 54.1 Å². The number of imidazole rings is 1. The molecule has 0 radical (unpaired) electrons. The lowest BCUT2D eigenvalue weighted by Gasteiger charge is -2.08. The van der Waals surface area contributed by atoms with Gasteiger partial charge in [-0.25, -0.2) is 4.98 Å². The average Bonchev–Trinajstić information content (AvgIpc) is 2.68. The molecule has 0 fully saturated rings. The summed E-state index contributed by atoms with van der Waals surface area (Å²) in [5.41, 5.74) is 0.981. The Kier molecular flexibility index (Phi) is 2.51. The minimum Gasteiger partial charge on any atom is -0.337 e. The van der Waals surface area contributed by atoms with E-state index in [-0.39, 0.29) is 5.92 Å². The Morgan fingerprint density at radius 2 is 2.07 bits per heavy atom. The van der Waals surface area contributed by atoms with Gasteiger partial charge in [-0.05, 0) is 5.56 Å². The molecule has 0 saturated carbocycles. The fraction of sp³-hybridized carbons (Fsp3) is 0.167. The zero-order chi connectivity index (χ0) is 10.7. The fourth-order valence-corrected chi connectivity index (χ4v) is 1.58. The Morgan fingerprint density at radius 1 is 1.33 bits per heavy atom. The molecule has 2 aromatic rings. The van der Waals surface area contributed by atoms with Crippen LogP contribution < -0.4 is 0 Å². The minimum atomic E-state index is -0.286. The summed E-state index contributed by atoms with van der Waals surface area (Å²) in [6.07, 6.45) is 3.56. The van der Waals surface area contributed by atoms with Crippen LogP contribution in [0.1, 0.15) is 17.3 Å². The van der Waals surface area contributed by atoms with Crippen LogP contribution in [0.2, 0.25) is 0 Å². The monoisotopic (exact) mass is 197 g/mol. The van der Waals surface area contributed by atoms with Gasteiger partial charge in [-0.1, -0.05) is 30.3 Å². The number of nitrogens with zero attached hydrogens (tertiary/aromatic N) is 3. The Labute approximate surface area is 88.6 Å². The summed E-state index contributed by atoms with van der Waals surface area (Å²) in [5.74, 6) is 0.495. The maximum atomic E-state index is 9.17. The predicted octanol–water partition coefficient (Wildman–Crippen LogP) is 2.08. The molecule has 1 heterocycles. The molecule has 1 atom stereocenters. The maximum Gasteiger partial charge on any atom is 0.130 e. The third-order valence-electron chi connectivity index (χ3n) is 2.38. The van der Waals surface area contributed by atoms with Crippen LogP contribution in [0.15, 0.2) is 42.7 Å². The second-order valence-corrected chi connectivity index (χ2v) is 3.37. The summed E-state index contributed by atoms with van der Waals surface area (Å²) in [6.45, 7) is 0. The van der Waals surface area contributed by atoms with Crippen LogP contribution in [0, 0.1) is 11.3 Å². The molecule has 0 saturated heterocycles. The number of nitriles is 1. The Balaban J connectivity index is 2.43. The summed E-state index contributed by atoms with van der Waals surface area (Å²) < 4.78 is 1.88. The summed E-state index contributed by atoms with van der Waals surface area (Å²) in [4.78, 5) is 4.20. The first kappa shape index (κ1) is 9.47. The standard InChI is InChI=1S/C12H11N3/c1-15-8-7-14-12(15)11(9-13)10-5-3-2-4-6-10/h2-8,11H,1H3. The van der Waals surface area contributed by atoms with Gasteiger partial charge in [-0.15, -0.1) is 0 Å². The molecule has 1 unspecified atom stereocenters. The summed E-state index contributed by atoms with van der Waals surface area (Å²) >= 11 is 0. The van der Waals surface area contributed by atoms with Crippen molar-refractivity contribution < 1.29 is 0 Å². The van der Waals surface area contributed by atoms with Gasteiger partial charge in [0.2, 0.25) is 0 Å². The van der Waals surface area contributed by atoms with Crippen molar-refractivity contribution in [1.29, 1.82) is 5.26 Å².